The first-order valence-electron chi connectivity index (χ1n) is 8.12. The molecule has 0 atom stereocenters. The van der Waals surface area contributed by atoms with E-state index in [1.807, 2.05) is 0 Å². The molecule has 0 bridgehead atoms. The van der Waals surface area contributed by atoms with Gasteiger partial charge in [0.15, 0.2) is 0 Å². The van der Waals surface area contributed by atoms with Crippen LogP contribution in [-0.4, -0.2) is 6.04 Å². The summed E-state index contributed by atoms with van der Waals surface area (Å²) in [5.74, 6) is 1.95. The molecule has 2 aliphatic rings. The van der Waals surface area contributed by atoms with Crippen molar-refractivity contribution in [2.45, 2.75) is 64.0 Å². The number of furan rings is 1. The molecule has 1 N–H and O–H groups in total. The van der Waals surface area contributed by atoms with E-state index >= 15 is 0 Å². The van der Waals surface area contributed by atoms with E-state index in [0.29, 0.717) is 0 Å². The van der Waals surface area contributed by atoms with Crippen LogP contribution in [0.4, 0.5) is 0 Å². The van der Waals surface area contributed by atoms with Crippen molar-refractivity contribution in [2.75, 3.05) is 0 Å². The van der Waals surface area contributed by atoms with Gasteiger partial charge in [0.1, 0.15) is 11.3 Å². The Kier molecular flexibility index (Phi) is 3.07. The molecule has 2 aliphatic carbocycles. The van der Waals surface area contributed by atoms with E-state index in [1.165, 1.54) is 60.8 Å². The molecule has 2 aromatic rings. The highest BCUT2D eigenvalue weighted by Crippen LogP contribution is 2.46. The van der Waals surface area contributed by atoms with Gasteiger partial charge in [-0.1, -0.05) is 19.4 Å². The van der Waals surface area contributed by atoms with Gasteiger partial charge in [-0.3, -0.25) is 0 Å². The van der Waals surface area contributed by atoms with Crippen molar-refractivity contribution in [1.82, 2.24) is 5.32 Å². The number of benzene rings is 1. The lowest BCUT2D eigenvalue weighted by atomic mass is 10.0. The zero-order valence-corrected chi connectivity index (χ0v) is 12.2. The van der Waals surface area contributed by atoms with Gasteiger partial charge in [-0.15, -0.1) is 0 Å². The number of nitrogens with one attached hydrogen (secondary N) is 1. The highest BCUT2D eigenvalue weighted by molar-refractivity contribution is 5.84. The molecule has 0 radical (unpaired) electrons. The maximum absolute atomic E-state index is 6.15. The van der Waals surface area contributed by atoms with Crippen molar-refractivity contribution in [1.29, 1.82) is 0 Å². The van der Waals surface area contributed by atoms with E-state index in [9.17, 15) is 0 Å². The summed E-state index contributed by atoms with van der Waals surface area (Å²) in [4.78, 5) is 0. The standard InChI is InChI=1S/C18H23NO/c1-2-3-12-4-9-16-15(10-12)18(13-5-6-13)17(20-16)11-19-14-7-8-14/h4,9-10,13-14,19H,2-3,5-8,11H2,1H3. The van der Waals surface area contributed by atoms with Gasteiger partial charge < -0.3 is 9.73 Å². The highest BCUT2D eigenvalue weighted by Gasteiger charge is 2.31. The molecule has 20 heavy (non-hydrogen) atoms. The Hall–Kier alpha value is -1.28. The van der Waals surface area contributed by atoms with Gasteiger partial charge in [0.2, 0.25) is 0 Å². The molecular weight excluding hydrogens is 246 g/mol. The quantitative estimate of drug-likeness (QED) is 0.834. The number of aryl methyl sites for hydroxylation is 1. The van der Waals surface area contributed by atoms with Crippen LogP contribution in [0.3, 0.4) is 0 Å². The second-order valence-electron chi connectivity index (χ2n) is 6.45. The second-order valence-corrected chi connectivity index (χ2v) is 6.45. The number of hydrogen-bond acceptors (Lipinski definition) is 2. The molecule has 1 aromatic heterocycles. The molecular formula is C18H23NO. The molecule has 4 rings (SSSR count). The van der Waals surface area contributed by atoms with Gasteiger partial charge in [0.05, 0.1) is 6.54 Å². The van der Waals surface area contributed by atoms with Gasteiger partial charge in [-0.05, 0) is 55.7 Å². The topological polar surface area (TPSA) is 25.2 Å². The van der Waals surface area contributed by atoms with Crippen LogP contribution >= 0.6 is 0 Å². The fourth-order valence-electron chi connectivity index (χ4n) is 3.13. The van der Waals surface area contributed by atoms with Crippen LogP contribution in [-0.2, 0) is 13.0 Å². The second kappa shape index (κ2) is 4.92. The van der Waals surface area contributed by atoms with Crippen LogP contribution in [0.25, 0.3) is 11.0 Å². The minimum absolute atomic E-state index is 0.742. The third-order valence-electron chi connectivity index (χ3n) is 4.52. The molecule has 0 aliphatic heterocycles. The summed E-state index contributed by atoms with van der Waals surface area (Å²) in [7, 11) is 0. The Bertz CT molecular complexity index is 620. The van der Waals surface area contributed by atoms with Crippen molar-refractivity contribution >= 4 is 11.0 Å². The average molecular weight is 269 g/mol. The molecule has 1 heterocycles. The molecule has 0 saturated heterocycles. The Morgan fingerprint density at radius 2 is 2.05 bits per heavy atom. The predicted molar refractivity (Wildman–Crippen MR) is 82.0 cm³/mol. The molecule has 106 valence electrons. The summed E-state index contributed by atoms with van der Waals surface area (Å²) in [5, 5.41) is 4.98. The zero-order chi connectivity index (χ0) is 13.5. The van der Waals surface area contributed by atoms with Gasteiger partial charge in [0.25, 0.3) is 0 Å². The largest absolute Gasteiger partial charge is 0.459 e. The van der Waals surface area contributed by atoms with E-state index in [2.05, 4.69) is 30.4 Å². The first-order chi connectivity index (χ1) is 9.85. The van der Waals surface area contributed by atoms with Gasteiger partial charge in [-0.2, -0.15) is 0 Å². The SMILES string of the molecule is CCCc1ccc2oc(CNC3CC3)c(C3CC3)c2c1. The van der Waals surface area contributed by atoms with Crippen LogP contribution in [0, 0.1) is 0 Å². The summed E-state index contributed by atoms with van der Waals surface area (Å²) in [6.07, 6.45) is 7.71. The fourth-order valence-corrected chi connectivity index (χ4v) is 3.13. The Morgan fingerprint density at radius 1 is 1.20 bits per heavy atom. The average Bonchev–Trinajstić information content (AvgIpc) is 3.35. The van der Waals surface area contributed by atoms with Crippen LogP contribution in [0.5, 0.6) is 0 Å². The minimum atomic E-state index is 0.742. The van der Waals surface area contributed by atoms with Crippen molar-refractivity contribution in [3.63, 3.8) is 0 Å². The van der Waals surface area contributed by atoms with Crippen LogP contribution in [0.1, 0.15) is 61.8 Å². The van der Waals surface area contributed by atoms with Crippen LogP contribution in [0.2, 0.25) is 0 Å². The maximum Gasteiger partial charge on any atom is 0.134 e. The molecule has 2 fully saturated rings. The summed E-state index contributed by atoms with van der Waals surface area (Å²) in [5.41, 5.74) is 4.04. The summed E-state index contributed by atoms with van der Waals surface area (Å²) < 4.78 is 6.15. The van der Waals surface area contributed by atoms with E-state index in [-0.39, 0.29) is 0 Å². The zero-order valence-electron chi connectivity index (χ0n) is 12.2. The number of rotatable bonds is 6. The Labute approximate surface area is 120 Å². The smallest absolute Gasteiger partial charge is 0.134 e. The van der Waals surface area contributed by atoms with Crippen molar-refractivity contribution in [2.24, 2.45) is 0 Å². The van der Waals surface area contributed by atoms with E-state index in [0.717, 1.165) is 24.1 Å². The molecule has 1 aromatic carbocycles. The van der Waals surface area contributed by atoms with Gasteiger partial charge in [0, 0.05) is 17.0 Å². The minimum Gasteiger partial charge on any atom is -0.459 e. The van der Waals surface area contributed by atoms with Gasteiger partial charge >= 0.3 is 0 Å². The maximum atomic E-state index is 6.15. The molecule has 2 saturated carbocycles. The lowest BCUT2D eigenvalue weighted by Crippen LogP contribution is -2.15. The molecule has 0 unspecified atom stereocenters. The van der Waals surface area contributed by atoms with Crippen LogP contribution < -0.4 is 5.32 Å². The first kappa shape index (κ1) is 12.5. The summed E-state index contributed by atoms with van der Waals surface area (Å²) >= 11 is 0. The molecule has 2 nitrogen and oxygen atoms in total. The number of hydrogen-bond donors (Lipinski definition) is 1. The monoisotopic (exact) mass is 269 g/mol. The van der Waals surface area contributed by atoms with Crippen molar-refractivity contribution < 1.29 is 4.42 Å². The highest BCUT2D eigenvalue weighted by atomic mass is 16.3. The molecule has 2 heteroatoms. The first-order valence-corrected chi connectivity index (χ1v) is 8.12. The lowest BCUT2D eigenvalue weighted by molar-refractivity contribution is 0.506. The van der Waals surface area contributed by atoms with Crippen molar-refractivity contribution in [3.05, 3.63) is 35.1 Å². The third-order valence-corrected chi connectivity index (χ3v) is 4.52. The van der Waals surface area contributed by atoms with Crippen LogP contribution in [0.15, 0.2) is 22.6 Å². The fraction of sp³-hybridized carbons (Fsp3) is 0.556. The summed E-state index contributed by atoms with van der Waals surface area (Å²) in [6.45, 7) is 3.15. The Morgan fingerprint density at radius 3 is 2.75 bits per heavy atom. The normalized spacial score (nSPS) is 18.9. The molecule has 0 amide bonds. The predicted octanol–water partition coefficient (Wildman–Crippen LogP) is 4.51. The Balaban J connectivity index is 1.71. The van der Waals surface area contributed by atoms with E-state index in [4.69, 9.17) is 4.42 Å². The lowest BCUT2D eigenvalue weighted by Gasteiger charge is -2.03. The van der Waals surface area contributed by atoms with Crippen molar-refractivity contribution in [3.8, 4) is 0 Å². The molecule has 0 spiro atoms. The summed E-state index contributed by atoms with van der Waals surface area (Å²) in [6, 6.07) is 7.51. The third kappa shape index (κ3) is 2.37. The number of fused-ring (bicyclic) bond motifs is 1. The van der Waals surface area contributed by atoms with E-state index in [1.54, 1.807) is 0 Å². The van der Waals surface area contributed by atoms with Gasteiger partial charge in [-0.25, -0.2) is 0 Å². The van der Waals surface area contributed by atoms with E-state index < -0.39 is 0 Å².